The summed E-state index contributed by atoms with van der Waals surface area (Å²) in [6, 6.07) is 8.84. The lowest BCUT2D eigenvalue weighted by Crippen LogP contribution is -2.32. The maximum absolute atomic E-state index is 3.70. The molecule has 0 bridgehead atoms. The molecule has 3 rings (SSSR count). The molecule has 2 heteroatoms. The van der Waals surface area contributed by atoms with Gasteiger partial charge in [-0.05, 0) is 31.4 Å². The molecule has 1 aliphatic heterocycles. The lowest BCUT2D eigenvalue weighted by molar-refractivity contribution is 0.511. The van der Waals surface area contributed by atoms with Crippen molar-refractivity contribution in [1.82, 2.24) is 5.32 Å². The monoisotopic (exact) mass is 219 g/mol. The van der Waals surface area contributed by atoms with Gasteiger partial charge in [0.1, 0.15) is 0 Å². The Morgan fingerprint density at radius 3 is 3.00 bits per heavy atom. The van der Waals surface area contributed by atoms with E-state index in [4.69, 9.17) is 0 Å². The summed E-state index contributed by atoms with van der Waals surface area (Å²) in [5.74, 6) is 1.98. The van der Waals surface area contributed by atoms with Crippen LogP contribution in [0.3, 0.4) is 0 Å². The third-order valence-electron chi connectivity index (χ3n) is 3.57. The molecule has 0 saturated heterocycles. The number of fused-ring (bicyclic) bond motifs is 1. The first-order chi connectivity index (χ1) is 7.27. The van der Waals surface area contributed by atoms with E-state index in [1.807, 2.05) is 11.8 Å². The van der Waals surface area contributed by atoms with Crippen LogP contribution in [0, 0.1) is 0 Å². The Hall–Kier alpha value is -0.470. The maximum atomic E-state index is 3.70. The highest BCUT2D eigenvalue weighted by Crippen LogP contribution is 2.40. The summed E-state index contributed by atoms with van der Waals surface area (Å²) < 4.78 is 0. The van der Waals surface area contributed by atoms with E-state index >= 15 is 0 Å². The van der Waals surface area contributed by atoms with Gasteiger partial charge >= 0.3 is 0 Å². The molecule has 1 atom stereocenters. The van der Waals surface area contributed by atoms with Crippen LogP contribution in [0.5, 0.6) is 0 Å². The summed E-state index contributed by atoms with van der Waals surface area (Å²) in [4.78, 5) is 1.49. The van der Waals surface area contributed by atoms with E-state index < -0.39 is 0 Å². The van der Waals surface area contributed by atoms with Crippen LogP contribution in [0.4, 0.5) is 0 Å². The van der Waals surface area contributed by atoms with Crippen molar-refractivity contribution in [3.63, 3.8) is 0 Å². The molecular weight excluding hydrogens is 202 g/mol. The van der Waals surface area contributed by atoms with Crippen LogP contribution >= 0.6 is 11.8 Å². The van der Waals surface area contributed by atoms with Crippen LogP contribution in [-0.2, 0) is 0 Å². The fourth-order valence-electron chi connectivity index (χ4n) is 2.13. The largest absolute Gasteiger partial charge is 0.311 e. The molecule has 80 valence electrons. The molecule has 1 saturated carbocycles. The Bertz CT molecular complexity index is 371. The molecular formula is C13H17NS. The van der Waals surface area contributed by atoms with Crippen LogP contribution in [0.15, 0.2) is 29.2 Å². The van der Waals surface area contributed by atoms with E-state index in [0.29, 0.717) is 5.54 Å². The van der Waals surface area contributed by atoms with Gasteiger partial charge < -0.3 is 5.32 Å². The zero-order valence-electron chi connectivity index (χ0n) is 9.12. The van der Waals surface area contributed by atoms with Crippen molar-refractivity contribution in [3.8, 4) is 0 Å². The number of hydrogen-bond acceptors (Lipinski definition) is 2. The van der Waals surface area contributed by atoms with Crippen molar-refractivity contribution in [2.45, 2.75) is 36.1 Å². The Kier molecular flexibility index (Phi) is 2.29. The van der Waals surface area contributed by atoms with Crippen molar-refractivity contribution in [1.29, 1.82) is 0 Å². The summed E-state index contributed by atoms with van der Waals surface area (Å²) in [6.07, 6.45) is 2.71. The third kappa shape index (κ3) is 1.93. The minimum absolute atomic E-state index is 0.474. The fourth-order valence-corrected chi connectivity index (χ4v) is 3.39. The van der Waals surface area contributed by atoms with Gasteiger partial charge in [-0.15, -0.1) is 11.8 Å². The fraction of sp³-hybridized carbons (Fsp3) is 0.538. The predicted octanol–water partition coefficient (Wildman–Crippen LogP) is 3.02. The van der Waals surface area contributed by atoms with E-state index in [0.717, 1.165) is 12.5 Å². The van der Waals surface area contributed by atoms with Crippen LogP contribution in [0.25, 0.3) is 0 Å². The Morgan fingerprint density at radius 2 is 2.20 bits per heavy atom. The number of benzene rings is 1. The lowest BCUT2D eigenvalue weighted by atomic mass is 10.0. The minimum atomic E-state index is 0.474. The van der Waals surface area contributed by atoms with Crippen LogP contribution in [-0.4, -0.2) is 17.8 Å². The zero-order chi connectivity index (χ0) is 10.3. The van der Waals surface area contributed by atoms with Gasteiger partial charge in [0, 0.05) is 28.6 Å². The van der Waals surface area contributed by atoms with Gasteiger partial charge in [-0.1, -0.05) is 18.2 Å². The topological polar surface area (TPSA) is 12.0 Å². The number of rotatable bonds is 3. The molecule has 0 amide bonds. The molecule has 1 aromatic carbocycles. The number of thioether (sulfide) groups is 1. The van der Waals surface area contributed by atoms with Crippen LogP contribution < -0.4 is 5.32 Å². The van der Waals surface area contributed by atoms with Crippen molar-refractivity contribution in [2.75, 3.05) is 12.3 Å². The molecule has 0 aromatic heterocycles. The van der Waals surface area contributed by atoms with Gasteiger partial charge in [-0.25, -0.2) is 0 Å². The summed E-state index contributed by atoms with van der Waals surface area (Å²) in [5, 5.41) is 3.70. The second kappa shape index (κ2) is 3.53. The summed E-state index contributed by atoms with van der Waals surface area (Å²) in [5.41, 5.74) is 2.03. The maximum Gasteiger partial charge on any atom is 0.0155 e. The second-order valence-electron chi connectivity index (χ2n) is 4.99. The highest BCUT2D eigenvalue weighted by molar-refractivity contribution is 7.99. The molecule has 1 N–H and O–H groups in total. The van der Waals surface area contributed by atoms with Gasteiger partial charge in [0.05, 0.1) is 0 Å². The second-order valence-corrected chi connectivity index (χ2v) is 6.05. The number of hydrogen-bond donors (Lipinski definition) is 1. The smallest absolute Gasteiger partial charge is 0.0155 e. The predicted molar refractivity (Wildman–Crippen MR) is 65.5 cm³/mol. The lowest BCUT2D eigenvalue weighted by Gasteiger charge is -2.16. The van der Waals surface area contributed by atoms with Crippen LogP contribution in [0.2, 0.25) is 0 Å². The molecule has 1 nitrogen and oxygen atoms in total. The molecule has 1 unspecified atom stereocenters. The summed E-state index contributed by atoms with van der Waals surface area (Å²) in [6.45, 7) is 3.49. The van der Waals surface area contributed by atoms with Gasteiger partial charge in [0.15, 0.2) is 0 Å². The van der Waals surface area contributed by atoms with Gasteiger partial charge in [-0.2, -0.15) is 0 Å². The quantitative estimate of drug-likeness (QED) is 0.838. The van der Waals surface area contributed by atoms with E-state index in [1.54, 1.807) is 5.56 Å². The zero-order valence-corrected chi connectivity index (χ0v) is 9.94. The summed E-state index contributed by atoms with van der Waals surface area (Å²) >= 11 is 2.01. The van der Waals surface area contributed by atoms with Crippen molar-refractivity contribution in [2.24, 2.45) is 0 Å². The van der Waals surface area contributed by atoms with Crippen LogP contribution in [0.1, 0.15) is 31.2 Å². The average molecular weight is 219 g/mol. The van der Waals surface area contributed by atoms with Crippen molar-refractivity contribution >= 4 is 11.8 Å². The average Bonchev–Trinajstić information content (AvgIpc) is 2.86. The van der Waals surface area contributed by atoms with Crippen molar-refractivity contribution in [3.05, 3.63) is 29.8 Å². The Labute approximate surface area is 95.6 Å². The number of nitrogens with one attached hydrogen (secondary N) is 1. The van der Waals surface area contributed by atoms with Gasteiger partial charge in [0.25, 0.3) is 0 Å². The summed E-state index contributed by atoms with van der Waals surface area (Å²) in [7, 11) is 0. The SMILES string of the molecule is CC1(NCC2CSc3ccccc32)CC1. The van der Waals surface area contributed by atoms with E-state index in [-0.39, 0.29) is 0 Å². The first kappa shape index (κ1) is 9.73. The molecule has 0 radical (unpaired) electrons. The normalized spacial score (nSPS) is 26.3. The van der Waals surface area contributed by atoms with Gasteiger partial charge in [0.2, 0.25) is 0 Å². The highest BCUT2D eigenvalue weighted by atomic mass is 32.2. The first-order valence-electron chi connectivity index (χ1n) is 5.74. The standard InChI is InChI=1S/C13H17NS/c1-13(6-7-13)14-8-10-9-15-12-5-3-2-4-11(10)12/h2-5,10,14H,6-9H2,1H3. The van der Waals surface area contributed by atoms with Gasteiger partial charge in [-0.3, -0.25) is 0 Å². The van der Waals surface area contributed by atoms with E-state index in [2.05, 4.69) is 36.5 Å². The molecule has 0 spiro atoms. The third-order valence-corrected chi connectivity index (χ3v) is 4.83. The molecule has 1 fully saturated rings. The highest BCUT2D eigenvalue weighted by Gasteiger charge is 2.37. The van der Waals surface area contributed by atoms with E-state index in [1.165, 1.54) is 23.5 Å². The first-order valence-corrected chi connectivity index (χ1v) is 6.72. The van der Waals surface area contributed by atoms with E-state index in [9.17, 15) is 0 Å². The molecule has 1 aromatic rings. The minimum Gasteiger partial charge on any atom is -0.311 e. The Morgan fingerprint density at radius 1 is 1.40 bits per heavy atom. The molecule has 1 aliphatic carbocycles. The van der Waals surface area contributed by atoms with Crippen molar-refractivity contribution < 1.29 is 0 Å². The Balaban J connectivity index is 1.68. The molecule has 2 aliphatic rings. The molecule has 15 heavy (non-hydrogen) atoms. The molecule has 1 heterocycles.